The number of hydrogen-bond acceptors (Lipinski definition) is 3. The van der Waals surface area contributed by atoms with Crippen LogP contribution in [0.4, 0.5) is 0 Å². The van der Waals surface area contributed by atoms with Crippen LogP contribution in [-0.4, -0.2) is 41.1 Å². The monoisotopic (exact) mass is 296 g/mol. The van der Waals surface area contributed by atoms with Crippen LogP contribution < -0.4 is 5.73 Å². The van der Waals surface area contributed by atoms with Crippen LogP contribution in [0.2, 0.25) is 0 Å². The first-order valence-electron chi connectivity index (χ1n) is 8.80. The van der Waals surface area contributed by atoms with Crippen molar-refractivity contribution in [2.75, 3.05) is 13.2 Å². The maximum Gasteiger partial charge on any atom is 0.226 e. The molecule has 2 aliphatic rings. The largest absolute Gasteiger partial charge is 0.395 e. The fourth-order valence-corrected chi connectivity index (χ4v) is 4.16. The molecule has 21 heavy (non-hydrogen) atoms. The molecule has 2 fully saturated rings. The molecule has 3 atom stereocenters. The summed E-state index contributed by atoms with van der Waals surface area (Å²) in [5.41, 5.74) is 6.08. The van der Waals surface area contributed by atoms with Crippen LogP contribution in [0.3, 0.4) is 0 Å². The van der Waals surface area contributed by atoms with E-state index in [0.29, 0.717) is 18.5 Å². The van der Waals surface area contributed by atoms with Crippen molar-refractivity contribution in [3.63, 3.8) is 0 Å². The van der Waals surface area contributed by atoms with Crippen LogP contribution in [0.15, 0.2) is 0 Å². The third-order valence-corrected chi connectivity index (χ3v) is 5.49. The van der Waals surface area contributed by atoms with E-state index in [2.05, 4.69) is 6.92 Å². The normalized spacial score (nSPS) is 29.1. The van der Waals surface area contributed by atoms with E-state index in [1.807, 2.05) is 4.90 Å². The lowest BCUT2D eigenvalue weighted by molar-refractivity contribution is -0.141. The zero-order chi connectivity index (χ0) is 15.2. The smallest absolute Gasteiger partial charge is 0.226 e. The summed E-state index contributed by atoms with van der Waals surface area (Å²) < 4.78 is 0. The zero-order valence-electron chi connectivity index (χ0n) is 13.5. The molecule has 0 aromatic heterocycles. The van der Waals surface area contributed by atoms with Crippen molar-refractivity contribution in [3.8, 4) is 0 Å². The van der Waals surface area contributed by atoms with Gasteiger partial charge >= 0.3 is 0 Å². The van der Waals surface area contributed by atoms with Gasteiger partial charge in [-0.25, -0.2) is 0 Å². The van der Waals surface area contributed by atoms with Crippen molar-refractivity contribution in [1.82, 2.24) is 4.90 Å². The van der Waals surface area contributed by atoms with E-state index < -0.39 is 0 Å². The summed E-state index contributed by atoms with van der Waals surface area (Å²) in [5, 5.41) is 9.34. The van der Waals surface area contributed by atoms with Crippen LogP contribution in [-0.2, 0) is 4.79 Å². The molecule has 0 aliphatic heterocycles. The van der Waals surface area contributed by atoms with Gasteiger partial charge in [0.05, 0.1) is 6.61 Å². The lowest BCUT2D eigenvalue weighted by atomic mass is 9.78. The Bertz CT molecular complexity index is 329. The van der Waals surface area contributed by atoms with Gasteiger partial charge < -0.3 is 15.7 Å². The SMILES string of the molecule is CC(C(=O)N(CCO)C1CCCCC1)C1CCCC(N)C1. The zero-order valence-corrected chi connectivity index (χ0v) is 13.5. The number of aliphatic hydroxyl groups excluding tert-OH is 1. The van der Waals surface area contributed by atoms with Gasteiger partial charge in [0.25, 0.3) is 0 Å². The predicted octanol–water partition coefficient (Wildman–Crippen LogP) is 2.29. The first-order valence-corrected chi connectivity index (χ1v) is 8.80. The maximum absolute atomic E-state index is 12.9. The Morgan fingerprint density at radius 3 is 2.52 bits per heavy atom. The summed E-state index contributed by atoms with van der Waals surface area (Å²) in [6.45, 7) is 2.63. The molecule has 1 amide bonds. The maximum atomic E-state index is 12.9. The molecular formula is C17H32N2O2. The fourth-order valence-electron chi connectivity index (χ4n) is 4.16. The lowest BCUT2D eigenvalue weighted by Crippen LogP contribution is -2.47. The molecule has 4 heteroatoms. The summed E-state index contributed by atoms with van der Waals surface area (Å²) in [7, 11) is 0. The minimum Gasteiger partial charge on any atom is -0.395 e. The van der Waals surface area contributed by atoms with Crippen LogP contribution in [0.25, 0.3) is 0 Å². The molecule has 0 saturated heterocycles. The molecule has 3 unspecified atom stereocenters. The number of hydrogen-bond donors (Lipinski definition) is 2. The molecule has 4 nitrogen and oxygen atoms in total. The topological polar surface area (TPSA) is 66.6 Å². The summed E-state index contributed by atoms with van der Waals surface area (Å²) in [4.78, 5) is 14.9. The van der Waals surface area contributed by atoms with E-state index >= 15 is 0 Å². The number of carbonyl (C=O) groups is 1. The predicted molar refractivity (Wildman–Crippen MR) is 84.8 cm³/mol. The highest BCUT2D eigenvalue weighted by atomic mass is 16.3. The number of aliphatic hydroxyl groups is 1. The molecule has 0 aromatic rings. The molecule has 0 bridgehead atoms. The van der Waals surface area contributed by atoms with E-state index in [1.54, 1.807) is 0 Å². The second kappa shape index (κ2) is 8.14. The third-order valence-electron chi connectivity index (χ3n) is 5.49. The number of rotatable bonds is 5. The number of nitrogens with zero attached hydrogens (tertiary/aromatic N) is 1. The summed E-state index contributed by atoms with van der Waals surface area (Å²) in [6.07, 6.45) is 10.2. The van der Waals surface area contributed by atoms with E-state index in [1.165, 1.54) is 19.3 Å². The fraction of sp³-hybridized carbons (Fsp3) is 0.941. The summed E-state index contributed by atoms with van der Waals surface area (Å²) >= 11 is 0. The van der Waals surface area contributed by atoms with Gasteiger partial charge in [0.15, 0.2) is 0 Å². The number of amides is 1. The van der Waals surface area contributed by atoms with Crippen LogP contribution >= 0.6 is 0 Å². The molecule has 0 spiro atoms. The first kappa shape index (κ1) is 16.8. The molecule has 2 saturated carbocycles. The Balaban J connectivity index is 1.98. The van der Waals surface area contributed by atoms with Gasteiger partial charge in [-0.05, 0) is 38.0 Å². The van der Waals surface area contributed by atoms with Crippen LogP contribution in [0, 0.1) is 11.8 Å². The van der Waals surface area contributed by atoms with E-state index in [9.17, 15) is 9.90 Å². The molecule has 3 N–H and O–H groups in total. The second-order valence-corrected chi connectivity index (χ2v) is 7.02. The van der Waals surface area contributed by atoms with E-state index in [-0.39, 0.29) is 24.5 Å². The highest BCUT2D eigenvalue weighted by molar-refractivity contribution is 5.79. The van der Waals surface area contributed by atoms with E-state index in [4.69, 9.17) is 5.73 Å². The number of carbonyl (C=O) groups excluding carboxylic acids is 1. The standard InChI is InChI=1S/C17H32N2O2/c1-13(14-6-5-7-15(18)12-14)17(21)19(10-11-20)16-8-3-2-4-9-16/h13-16,20H,2-12,18H2,1H3. The van der Waals surface area contributed by atoms with Crippen molar-refractivity contribution >= 4 is 5.91 Å². The first-order chi connectivity index (χ1) is 10.1. The Hall–Kier alpha value is -0.610. The average molecular weight is 296 g/mol. The van der Waals surface area contributed by atoms with Gasteiger partial charge in [-0.15, -0.1) is 0 Å². The highest BCUT2D eigenvalue weighted by Gasteiger charge is 2.33. The van der Waals surface area contributed by atoms with Crippen molar-refractivity contribution in [2.45, 2.75) is 76.8 Å². The quantitative estimate of drug-likeness (QED) is 0.818. The van der Waals surface area contributed by atoms with Gasteiger partial charge in [-0.1, -0.05) is 32.6 Å². The third kappa shape index (κ3) is 4.43. The van der Waals surface area contributed by atoms with Crippen molar-refractivity contribution in [1.29, 1.82) is 0 Å². The lowest BCUT2D eigenvalue weighted by Gasteiger charge is -2.38. The minimum atomic E-state index is 0.0461. The Morgan fingerprint density at radius 2 is 1.90 bits per heavy atom. The molecule has 2 rings (SSSR count). The van der Waals surface area contributed by atoms with E-state index in [0.717, 1.165) is 38.5 Å². The van der Waals surface area contributed by atoms with Crippen LogP contribution in [0.1, 0.15) is 64.7 Å². The average Bonchev–Trinajstić information content (AvgIpc) is 2.52. The molecular weight excluding hydrogens is 264 g/mol. The van der Waals surface area contributed by atoms with Crippen molar-refractivity contribution < 1.29 is 9.90 Å². The highest BCUT2D eigenvalue weighted by Crippen LogP contribution is 2.32. The second-order valence-electron chi connectivity index (χ2n) is 7.02. The minimum absolute atomic E-state index is 0.0461. The Labute approximate surface area is 129 Å². The Kier molecular flexibility index (Phi) is 6.49. The molecule has 0 aromatic carbocycles. The van der Waals surface area contributed by atoms with Gasteiger partial charge in [0.2, 0.25) is 5.91 Å². The molecule has 122 valence electrons. The Morgan fingerprint density at radius 1 is 1.19 bits per heavy atom. The number of nitrogens with two attached hydrogens (primary N) is 1. The summed E-state index contributed by atoms with van der Waals surface area (Å²) in [6, 6.07) is 0.609. The van der Waals surface area contributed by atoms with Crippen molar-refractivity contribution in [3.05, 3.63) is 0 Å². The molecule has 2 aliphatic carbocycles. The summed E-state index contributed by atoms with van der Waals surface area (Å²) in [5.74, 6) is 0.714. The molecule has 0 heterocycles. The van der Waals surface area contributed by atoms with Crippen LogP contribution in [0.5, 0.6) is 0 Å². The molecule has 0 radical (unpaired) electrons. The van der Waals surface area contributed by atoms with Gasteiger partial charge in [-0.2, -0.15) is 0 Å². The van der Waals surface area contributed by atoms with Gasteiger partial charge in [0.1, 0.15) is 0 Å². The van der Waals surface area contributed by atoms with Gasteiger partial charge in [0, 0.05) is 24.5 Å². The van der Waals surface area contributed by atoms with Crippen molar-refractivity contribution in [2.24, 2.45) is 17.6 Å². The van der Waals surface area contributed by atoms with Gasteiger partial charge in [-0.3, -0.25) is 4.79 Å².